The zero-order chi connectivity index (χ0) is 17.0. The predicted molar refractivity (Wildman–Crippen MR) is 94.9 cm³/mol. The molecule has 1 saturated heterocycles. The maximum absolute atomic E-state index is 12.3. The van der Waals surface area contributed by atoms with Crippen molar-refractivity contribution < 1.29 is 9.90 Å². The Hall–Kier alpha value is -1.11. The SMILES string of the molecule is Cc1scc(CNC(=O)N2CCC(N(C)CC(C)O)CC2)c1C. The van der Waals surface area contributed by atoms with Gasteiger partial charge in [-0.05, 0) is 57.2 Å². The first-order chi connectivity index (χ1) is 10.9. The zero-order valence-electron chi connectivity index (χ0n) is 14.6. The van der Waals surface area contributed by atoms with Gasteiger partial charge in [0.15, 0.2) is 0 Å². The minimum atomic E-state index is -0.307. The highest BCUT2D eigenvalue weighted by Crippen LogP contribution is 2.20. The van der Waals surface area contributed by atoms with Gasteiger partial charge in [0.1, 0.15) is 0 Å². The molecule has 2 rings (SSSR count). The van der Waals surface area contributed by atoms with Crippen LogP contribution in [0.4, 0.5) is 4.79 Å². The van der Waals surface area contributed by atoms with E-state index in [-0.39, 0.29) is 12.1 Å². The van der Waals surface area contributed by atoms with Crippen LogP contribution < -0.4 is 5.32 Å². The van der Waals surface area contributed by atoms with Gasteiger partial charge < -0.3 is 20.2 Å². The van der Waals surface area contributed by atoms with Gasteiger partial charge in [0, 0.05) is 37.1 Å². The summed E-state index contributed by atoms with van der Waals surface area (Å²) in [5.41, 5.74) is 2.50. The van der Waals surface area contributed by atoms with E-state index in [2.05, 4.69) is 36.5 Å². The van der Waals surface area contributed by atoms with Crippen molar-refractivity contribution in [3.05, 3.63) is 21.4 Å². The van der Waals surface area contributed by atoms with Crippen LogP contribution in [0.2, 0.25) is 0 Å². The van der Waals surface area contributed by atoms with Crippen LogP contribution in [0.3, 0.4) is 0 Å². The van der Waals surface area contributed by atoms with Crippen molar-refractivity contribution in [2.75, 3.05) is 26.7 Å². The van der Waals surface area contributed by atoms with E-state index in [0.717, 1.165) is 25.9 Å². The summed E-state index contributed by atoms with van der Waals surface area (Å²) in [6, 6.07) is 0.486. The Morgan fingerprint density at radius 2 is 2.13 bits per heavy atom. The predicted octanol–water partition coefficient (Wildman–Crippen LogP) is 2.35. The average Bonchev–Trinajstić information content (AvgIpc) is 2.84. The van der Waals surface area contributed by atoms with Crippen molar-refractivity contribution in [1.29, 1.82) is 0 Å². The third kappa shape index (κ3) is 4.93. The largest absolute Gasteiger partial charge is 0.392 e. The van der Waals surface area contributed by atoms with Gasteiger partial charge in [-0.1, -0.05) is 0 Å². The molecule has 0 radical (unpaired) electrons. The van der Waals surface area contributed by atoms with E-state index in [0.29, 0.717) is 19.1 Å². The van der Waals surface area contributed by atoms with Gasteiger partial charge in [-0.3, -0.25) is 0 Å². The molecule has 1 unspecified atom stereocenters. The van der Waals surface area contributed by atoms with Crippen LogP contribution in [0, 0.1) is 13.8 Å². The smallest absolute Gasteiger partial charge is 0.317 e. The summed E-state index contributed by atoms with van der Waals surface area (Å²) < 4.78 is 0. The Labute approximate surface area is 143 Å². The third-order valence-electron chi connectivity index (χ3n) is 4.75. The Kier molecular flexibility index (Phi) is 6.44. The molecular formula is C17H29N3O2S. The standard InChI is InChI=1S/C17H29N3O2S/c1-12(21)10-19(4)16-5-7-20(8-6-16)17(22)18-9-15-11-23-14(3)13(15)2/h11-12,16,21H,5-10H2,1-4H3,(H,18,22). The lowest BCUT2D eigenvalue weighted by Gasteiger charge is -2.37. The fourth-order valence-electron chi connectivity index (χ4n) is 3.09. The van der Waals surface area contributed by atoms with Crippen molar-refractivity contribution in [3.63, 3.8) is 0 Å². The first-order valence-electron chi connectivity index (χ1n) is 8.33. The molecule has 0 aromatic carbocycles. The Morgan fingerprint density at radius 3 is 2.65 bits per heavy atom. The number of likely N-dealkylation sites (tertiary alicyclic amines) is 1. The van der Waals surface area contributed by atoms with Gasteiger partial charge in [-0.2, -0.15) is 0 Å². The topological polar surface area (TPSA) is 55.8 Å². The number of nitrogens with zero attached hydrogens (tertiary/aromatic N) is 2. The molecule has 0 aliphatic carbocycles. The number of hydrogen-bond acceptors (Lipinski definition) is 4. The highest BCUT2D eigenvalue weighted by Gasteiger charge is 2.25. The number of aliphatic hydroxyl groups is 1. The maximum atomic E-state index is 12.3. The fourth-order valence-corrected chi connectivity index (χ4v) is 3.98. The molecule has 0 spiro atoms. The van der Waals surface area contributed by atoms with E-state index in [1.807, 2.05) is 11.8 Å². The van der Waals surface area contributed by atoms with Crippen molar-refractivity contribution in [3.8, 4) is 0 Å². The molecule has 2 amide bonds. The number of carbonyl (C=O) groups excluding carboxylic acids is 1. The minimum absolute atomic E-state index is 0.0323. The summed E-state index contributed by atoms with van der Waals surface area (Å²) >= 11 is 1.74. The monoisotopic (exact) mass is 339 g/mol. The lowest BCUT2D eigenvalue weighted by atomic mass is 10.0. The molecule has 1 aliphatic heterocycles. The molecule has 5 nitrogen and oxygen atoms in total. The molecule has 1 fully saturated rings. The first kappa shape index (κ1) is 18.2. The number of likely N-dealkylation sites (N-methyl/N-ethyl adjacent to an activating group) is 1. The van der Waals surface area contributed by atoms with Crippen LogP contribution in [-0.4, -0.2) is 59.8 Å². The summed E-state index contributed by atoms with van der Waals surface area (Å²) in [5, 5.41) is 14.6. The van der Waals surface area contributed by atoms with Crippen molar-refractivity contribution in [2.45, 2.75) is 52.3 Å². The summed E-state index contributed by atoms with van der Waals surface area (Å²) in [4.78, 5) is 17.7. The van der Waals surface area contributed by atoms with E-state index < -0.39 is 0 Å². The normalized spacial score (nSPS) is 17.6. The van der Waals surface area contributed by atoms with E-state index >= 15 is 0 Å². The van der Waals surface area contributed by atoms with Crippen molar-refractivity contribution in [1.82, 2.24) is 15.1 Å². The summed E-state index contributed by atoms with van der Waals surface area (Å²) in [5.74, 6) is 0. The number of hydrogen-bond donors (Lipinski definition) is 2. The maximum Gasteiger partial charge on any atom is 0.317 e. The van der Waals surface area contributed by atoms with Crippen LogP contribution in [0.25, 0.3) is 0 Å². The van der Waals surface area contributed by atoms with E-state index in [1.165, 1.54) is 16.0 Å². The second-order valence-electron chi connectivity index (χ2n) is 6.61. The lowest BCUT2D eigenvalue weighted by molar-refractivity contribution is 0.0874. The quantitative estimate of drug-likeness (QED) is 0.866. The highest BCUT2D eigenvalue weighted by atomic mass is 32.1. The third-order valence-corrected chi connectivity index (χ3v) is 5.81. The van der Waals surface area contributed by atoms with Crippen molar-refractivity contribution >= 4 is 17.4 Å². The van der Waals surface area contributed by atoms with Crippen LogP contribution in [0.1, 0.15) is 35.8 Å². The number of piperidine rings is 1. The molecule has 0 saturated carbocycles. The number of rotatable bonds is 5. The van der Waals surface area contributed by atoms with Crippen LogP contribution >= 0.6 is 11.3 Å². The van der Waals surface area contributed by atoms with Crippen LogP contribution in [-0.2, 0) is 6.54 Å². The number of amides is 2. The molecule has 6 heteroatoms. The van der Waals surface area contributed by atoms with Gasteiger partial charge >= 0.3 is 6.03 Å². The highest BCUT2D eigenvalue weighted by molar-refractivity contribution is 7.10. The Morgan fingerprint density at radius 1 is 1.48 bits per heavy atom. The number of urea groups is 1. The molecule has 23 heavy (non-hydrogen) atoms. The number of aliphatic hydroxyl groups excluding tert-OH is 1. The van der Waals surface area contributed by atoms with Gasteiger partial charge in [-0.25, -0.2) is 4.79 Å². The number of nitrogens with one attached hydrogen (secondary N) is 1. The molecular weight excluding hydrogens is 310 g/mol. The molecule has 1 aromatic rings. The molecule has 1 aliphatic rings. The fraction of sp³-hybridized carbons (Fsp3) is 0.706. The zero-order valence-corrected chi connectivity index (χ0v) is 15.4. The number of thiophene rings is 1. The second-order valence-corrected chi connectivity index (χ2v) is 7.69. The van der Waals surface area contributed by atoms with Crippen LogP contribution in [0.5, 0.6) is 0 Å². The summed E-state index contributed by atoms with van der Waals surface area (Å²) in [7, 11) is 2.05. The van der Waals surface area contributed by atoms with Gasteiger partial charge in [-0.15, -0.1) is 11.3 Å². The van der Waals surface area contributed by atoms with Gasteiger partial charge in [0.25, 0.3) is 0 Å². The average molecular weight is 340 g/mol. The molecule has 0 bridgehead atoms. The summed E-state index contributed by atoms with van der Waals surface area (Å²) in [6.45, 7) is 8.89. The van der Waals surface area contributed by atoms with E-state index in [9.17, 15) is 9.90 Å². The summed E-state index contributed by atoms with van der Waals surface area (Å²) in [6.07, 6.45) is 1.62. The molecule has 130 valence electrons. The van der Waals surface area contributed by atoms with Crippen LogP contribution in [0.15, 0.2) is 5.38 Å². The number of carbonyl (C=O) groups is 1. The van der Waals surface area contributed by atoms with E-state index in [1.54, 1.807) is 11.3 Å². The molecule has 2 N–H and O–H groups in total. The lowest BCUT2D eigenvalue weighted by Crippen LogP contribution is -2.49. The molecule has 2 heterocycles. The van der Waals surface area contributed by atoms with Gasteiger partial charge in [0.2, 0.25) is 0 Å². The Bertz CT molecular complexity index is 522. The minimum Gasteiger partial charge on any atom is -0.392 e. The molecule has 1 aromatic heterocycles. The Balaban J connectivity index is 1.76. The van der Waals surface area contributed by atoms with Gasteiger partial charge in [0.05, 0.1) is 6.10 Å². The van der Waals surface area contributed by atoms with Crippen molar-refractivity contribution in [2.24, 2.45) is 0 Å². The first-order valence-corrected chi connectivity index (χ1v) is 9.21. The second kappa shape index (κ2) is 8.13. The van der Waals surface area contributed by atoms with E-state index in [4.69, 9.17) is 0 Å². The number of aryl methyl sites for hydroxylation is 1. The molecule has 1 atom stereocenters.